The van der Waals surface area contributed by atoms with Crippen LogP contribution in [0.3, 0.4) is 0 Å². The van der Waals surface area contributed by atoms with Gasteiger partial charge in [-0.25, -0.2) is 9.78 Å². The number of benzene rings is 1. The summed E-state index contributed by atoms with van der Waals surface area (Å²) in [4.78, 5) is 21.2. The molecule has 0 unspecified atom stereocenters. The number of imidazole rings is 1. The van der Waals surface area contributed by atoms with Crippen LogP contribution in [0, 0.1) is 12.9 Å². The lowest BCUT2D eigenvalue weighted by molar-refractivity contribution is -0.0893. The fourth-order valence-corrected chi connectivity index (χ4v) is 3.89. The maximum absolute atomic E-state index is 13.6. The van der Waals surface area contributed by atoms with Crippen molar-refractivity contribution in [3.8, 4) is 5.69 Å². The van der Waals surface area contributed by atoms with Crippen LogP contribution in [0.5, 0.6) is 0 Å². The van der Waals surface area contributed by atoms with Crippen LogP contribution in [0.1, 0.15) is 11.1 Å². The van der Waals surface area contributed by atoms with Crippen LogP contribution in [-0.2, 0) is 7.05 Å². The normalized spacial score (nSPS) is 13.1. The second kappa shape index (κ2) is 8.42. The zero-order valence-corrected chi connectivity index (χ0v) is 18.7. The van der Waals surface area contributed by atoms with Crippen LogP contribution in [0.2, 0.25) is 0 Å². The highest BCUT2D eigenvalue weighted by Crippen LogP contribution is 2.33. The number of nitrogens with zero attached hydrogens (tertiary/aromatic N) is 4. The minimum atomic E-state index is -4.74. The van der Waals surface area contributed by atoms with E-state index in [0.717, 1.165) is 12.3 Å². The number of pyridine rings is 2. The highest BCUT2D eigenvalue weighted by molar-refractivity contribution is 6.04. The van der Waals surface area contributed by atoms with Crippen LogP contribution in [0.4, 0.5) is 17.6 Å². The van der Waals surface area contributed by atoms with Gasteiger partial charge in [-0.05, 0) is 47.9 Å². The molecule has 0 aliphatic carbocycles. The first-order chi connectivity index (χ1) is 16.4. The molecule has 0 radical (unpaired) electrons. The topological polar surface area (TPSA) is 105 Å². The van der Waals surface area contributed by atoms with Crippen molar-refractivity contribution in [1.82, 2.24) is 19.1 Å². The van der Waals surface area contributed by atoms with Crippen molar-refractivity contribution in [2.75, 3.05) is 0 Å². The maximum atomic E-state index is 13.6. The summed E-state index contributed by atoms with van der Waals surface area (Å²) in [5.41, 5.74) is 11.4. The largest absolute Gasteiger partial charge is 0.418 e. The Morgan fingerprint density at radius 3 is 2.49 bits per heavy atom. The fraction of sp³-hybridized carbons (Fsp3) is 0.125. The van der Waals surface area contributed by atoms with Crippen LogP contribution < -0.4 is 17.2 Å². The van der Waals surface area contributed by atoms with E-state index in [1.165, 1.54) is 27.6 Å². The van der Waals surface area contributed by atoms with Gasteiger partial charge >= 0.3 is 11.9 Å². The standard InChI is InChI=1S/C24H20F4N6O/c1-12-6-21(25)32-10-19(12)34-22-16-7-14(15(9-29)8-17(13(2)30)24(26,27)28)4-5-18(16)31-11-20(22)33(3)23(34)35/h4-11H,2,29-30H2,1,3H3/b15-9+,17-8+. The van der Waals surface area contributed by atoms with Crippen LogP contribution in [0.25, 0.3) is 33.2 Å². The number of hydrogen-bond donors (Lipinski definition) is 2. The van der Waals surface area contributed by atoms with E-state index in [-0.39, 0.29) is 5.57 Å². The van der Waals surface area contributed by atoms with E-state index in [9.17, 15) is 22.4 Å². The molecule has 0 bridgehead atoms. The number of rotatable bonds is 4. The molecule has 3 heterocycles. The van der Waals surface area contributed by atoms with Gasteiger partial charge in [0.25, 0.3) is 0 Å². The van der Waals surface area contributed by atoms with Crippen molar-refractivity contribution < 1.29 is 17.6 Å². The highest BCUT2D eigenvalue weighted by atomic mass is 19.4. The Hall–Kier alpha value is -4.41. The lowest BCUT2D eigenvalue weighted by Crippen LogP contribution is -2.21. The molecule has 0 saturated carbocycles. The lowest BCUT2D eigenvalue weighted by atomic mass is 10.00. The van der Waals surface area contributed by atoms with Gasteiger partial charge < -0.3 is 11.5 Å². The number of halogens is 4. The summed E-state index contributed by atoms with van der Waals surface area (Å²) in [6.45, 7) is 4.84. The molecule has 0 atom stereocenters. The van der Waals surface area contributed by atoms with Gasteiger partial charge in [0.1, 0.15) is 0 Å². The Morgan fingerprint density at radius 1 is 1.17 bits per heavy atom. The summed E-state index contributed by atoms with van der Waals surface area (Å²) in [5.74, 6) is -0.695. The lowest BCUT2D eigenvalue weighted by Gasteiger charge is -2.13. The number of nitrogens with two attached hydrogens (primary N) is 2. The van der Waals surface area contributed by atoms with Gasteiger partial charge in [0, 0.05) is 24.3 Å². The van der Waals surface area contributed by atoms with Crippen molar-refractivity contribution in [3.63, 3.8) is 0 Å². The molecule has 0 fully saturated rings. The molecule has 0 saturated heterocycles. The van der Waals surface area contributed by atoms with Gasteiger partial charge in [-0.15, -0.1) is 0 Å². The van der Waals surface area contributed by atoms with Gasteiger partial charge in [-0.3, -0.25) is 14.1 Å². The van der Waals surface area contributed by atoms with Crippen molar-refractivity contribution in [1.29, 1.82) is 0 Å². The van der Waals surface area contributed by atoms with Crippen LogP contribution >= 0.6 is 0 Å². The first kappa shape index (κ1) is 23.7. The smallest absolute Gasteiger partial charge is 0.404 e. The van der Waals surface area contributed by atoms with E-state index in [1.807, 2.05) is 0 Å². The molecule has 11 heteroatoms. The van der Waals surface area contributed by atoms with E-state index >= 15 is 0 Å². The summed E-state index contributed by atoms with van der Waals surface area (Å²) in [7, 11) is 1.56. The number of hydrogen-bond acceptors (Lipinski definition) is 5. The molecule has 35 heavy (non-hydrogen) atoms. The van der Waals surface area contributed by atoms with Gasteiger partial charge in [-0.2, -0.15) is 17.6 Å². The predicted octanol–water partition coefficient (Wildman–Crippen LogP) is 3.98. The van der Waals surface area contributed by atoms with Gasteiger partial charge in [0.2, 0.25) is 5.95 Å². The zero-order chi connectivity index (χ0) is 25.7. The molecule has 0 aliphatic heterocycles. The zero-order valence-electron chi connectivity index (χ0n) is 18.7. The third-order valence-electron chi connectivity index (χ3n) is 5.64. The molecule has 3 aromatic heterocycles. The quantitative estimate of drug-likeness (QED) is 0.259. The molecule has 7 nitrogen and oxygen atoms in total. The molecular formula is C24H20F4N6O. The number of allylic oxidation sites excluding steroid dienone is 3. The molecule has 0 amide bonds. The van der Waals surface area contributed by atoms with Crippen LogP contribution in [0.15, 0.2) is 71.6 Å². The third kappa shape index (κ3) is 4.05. The second-order valence-corrected chi connectivity index (χ2v) is 7.90. The summed E-state index contributed by atoms with van der Waals surface area (Å²) < 4.78 is 56.7. The maximum Gasteiger partial charge on any atom is 0.418 e. The molecule has 0 aliphatic rings. The van der Waals surface area contributed by atoms with Crippen LogP contribution in [-0.4, -0.2) is 25.3 Å². The fourth-order valence-electron chi connectivity index (χ4n) is 3.89. The molecule has 0 spiro atoms. The number of fused-ring (bicyclic) bond motifs is 3. The number of aryl methyl sites for hydroxylation is 2. The molecule has 4 N–H and O–H groups in total. The third-order valence-corrected chi connectivity index (χ3v) is 5.64. The number of aromatic nitrogens is 4. The van der Waals surface area contributed by atoms with E-state index in [0.29, 0.717) is 38.8 Å². The average Bonchev–Trinajstić information content (AvgIpc) is 3.04. The molecular weight excluding hydrogens is 464 g/mol. The average molecular weight is 484 g/mol. The van der Waals surface area contributed by atoms with E-state index in [4.69, 9.17) is 11.5 Å². The molecule has 1 aromatic carbocycles. The Morgan fingerprint density at radius 2 is 1.89 bits per heavy atom. The van der Waals surface area contributed by atoms with E-state index in [1.54, 1.807) is 32.2 Å². The molecule has 4 aromatic rings. The molecule has 180 valence electrons. The molecule has 4 rings (SSSR count). The number of alkyl halides is 3. The van der Waals surface area contributed by atoms with Crippen molar-refractivity contribution in [3.05, 3.63) is 94.3 Å². The van der Waals surface area contributed by atoms with Gasteiger partial charge in [0.15, 0.2) is 0 Å². The van der Waals surface area contributed by atoms with Crippen molar-refractivity contribution in [2.24, 2.45) is 18.5 Å². The Kier molecular flexibility index (Phi) is 5.71. The summed E-state index contributed by atoms with van der Waals surface area (Å²) in [5, 5.41) is 0.467. The SMILES string of the molecule is C=C(N)/C(=C\C(=C/N)c1ccc2ncc3c(c2c1)n(-c1cnc(F)cc1C)c(=O)n3C)C(F)(F)F. The summed E-state index contributed by atoms with van der Waals surface area (Å²) in [6.07, 6.45) is -0.142. The minimum Gasteiger partial charge on any atom is -0.404 e. The summed E-state index contributed by atoms with van der Waals surface area (Å²) in [6, 6.07) is 5.94. The minimum absolute atomic E-state index is 0.0345. The Bertz CT molecular complexity index is 1630. The monoisotopic (exact) mass is 484 g/mol. The predicted molar refractivity (Wildman–Crippen MR) is 126 cm³/mol. The first-order valence-electron chi connectivity index (χ1n) is 10.2. The van der Waals surface area contributed by atoms with E-state index in [2.05, 4.69) is 16.5 Å². The van der Waals surface area contributed by atoms with Crippen molar-refractivity contribution in [2.45, 2.75) is 13.1 Å². The van der Waals surface area contributed by atoms with Gasteiger partial charge in [0.05, 0.1) is 40.2 Å². The first-order valence-corrected chi connectivity index (χ1v) is 10.2. The van der Waals surface area contributed by atoms with Gasteiger partial charge in [-0.1, -0.05) is 12.6 Å². The second-order valence-electron chi connectivity index (χ2n) is 7.90. The highest BCUT2D eigenvalue weighted by Gasteiger charge is 2.34. The van der Waals surface area contributed by atoms with Crippen molar-refractivity contribution >= 4 is 27.5 Å². The Labute approximate surface area is 196 Å². The summed E-state index contributed by atoms with van der Waals surface area (Å²) >= 11 is 0. The Balaban J connectivity index is 2.05. The van der Waals surface area contributed by atoms with E-state index < -0.39 is 29.1 Å².